The molecular formula is C12H16N2O2. The SMILES string of the molecule is COc1ccc2c(c1)C(C)(CCN)C(=O)N2. The number of methoxy groups -OCH3 is 1. The average molecular weight is 220 g/mol. The fourth-order valence-electron chi connectivity index (χ4n) is 2.14. The number of hydrogen-bond donors (Lipinski definition) is 2. The third-order valence-corrected chi connectivity index (χ3v) is 3.21. The normalized spacial score (nSPS) is 22.8. The third kappa shape index (κ3) is 1.46. The van der Waals surface area contributed by atoms with Crippen molar-refractivity contribution in [3.05, 3.63) is 23.8 Å². The molecule has 1 unspecified atom stereocenters. The summed E-state index contributed by atoms with van der Waals surface area (Å²) in [6.45, 7) is 2.40. The first-order valence-corrected chi connectivity index (χ1v) is 5.32. The van der Waals surface area contributed by atoms with Crippen molar-refractivity contribution in [2.75, 3.05) is 19.0 Å². The molecule has 4 nitrogen and oxygen atoms in total. The van der Waals surface area contributed by atoms with E-state index >= 15 is 0 Å². The number of amides is 1. The van der Waals surface area contributed by atoms with E-state index in [4.69, 9.17) is 10.5 Å². The number of fused-ring (bicyclic) bond motifs is 1. The number of hydrogen-bond acceptors (Lipinski definition) is 3. The molecule has 86 valence electrons. The number of nitrogens with two attached hydrogens (primary N) is 1. The Balaban J connectivity index is 2.49. The molecule has 0 saturated heterocycles. The minimum Gasteiger partial charge on any atom is -0.497 e. The minimum absolute atomic E-state index is 0.0150. The molecule has 4 heteroatoms. The molecule has 1 amide bonds. The van der Waals surface area contributed by atoms with E-state index in [1.165, 1.54) is 0 Å². The lowest BCUT2D eigenvalue weighted by Crippen LogP contribution is -2.33. The van der Waals surface area contributed by atoms with Crippen LogP contribution in [0.4, 0.5) is 5.69 Å². The van der Waals surface area contributed by atoms with Crippen molar-refractivity contribution in [1.82, 2.24) is 0 Å². The zero-order valence-corrected chi connectivity index (χ0v) is 9.54. The Bertz CT molecular complexity index is 431. The van der Waals surface area contributed by atoms with Crippen molar-refractivity contribution < 1.29 is 9.53 Å². The zero-order valence-electron chi connectivity index (χ0n) is 9.54. The van der Waals surface area contributed by atoms with E-state index in [1.807, 2.05) is 25.1 Å². The van der Waals surface area contributed by atoms with Crippen molar-refractivity contribution in [3.8, 4) is 5.75 Å². The molecule has 1 aliphatic rings. The van der Waals surface area contributed by atoms with Gasteiger partial charge in [0.15, 0.2) is 0 Å². The largest absolute Gasteiger partial charge is 0.497 e. The molecule has 0 bridgehead atoms. The Kier molecular flexibility index (Phi) is 2.59. The van der Waals surface area contributed by atoms with Gasteiger partial charge in [-0.15, -0.1) is 0 Å². The first-order chi connectivity index (χ1) is 7.61. The summed E-state index contributed by atoms with van der Waals surface area (Å²) in [5, 5.41) is 2.87. The lowest BCUT2D eigenvalue weighted by Gasteiger charge is -2.21. The standard InChI is InChI=1S/C12H16N2O2/c1-12(5-6-13)9-7-8(16-2)3-4-10(9)14-11(12)15/h3-4,7H,5-6,13H2,1-2H3,(H,14,15). The van der Waals surface area contributed by atoms with Gasteiger partial charge in [-0.2, -0.15) is 0 Å². The van der Waals surface area contributed by atoms with Crippen LogP contribution in [-0.2, 0) is 10.2 Å². The molecule has 1 aromatic carbocycles. The quantitative estimate of drug-likeness (QED) is 0.805. The lowest BCUT2D eigenvalue weighted by molar-refractivity contribution is -0.120. The Hall–Kier alpha value is -1.55. The summed E-state index contributed by atoms with van der Waals surface area (Å²) >= 11 is 0. The maximum atomic E-state index is 11.9. The summed E-state index contributed by atoms with van der Waals surface area (Å²) < 4.78 is 5.18. The van der Waals surface area contributed by atoms with Crippen LogP contribution in [0, 0.1) is 0 Å². The van der Waals surface area contributed by atoms with Gasteiger partial charge in [0.2, 0.25) is 5.91 Å². The van der Waals surface area contributed by atoms with Crippen LogP contribution in [0.25, 0.3) is 0 Å². The molecule has 1 aromatic rings. The van der Waals surface area contributed by atoms with Crippen LogP contribution in [0.5, 0.6) is 5.75 Å². The number of ether oxygens (including phenoxy) is 1. The second-order valence-corrected chi connectivity index (χ2v) is 4.24. The fourth-order valence-corrected chi connectivity index (χ4v) is 2.14. The fraction of sp³-hybridized carbons (Fsp3) is 0.417. The van der Waals surface area contributed by atoms with E-state index in [-0.39, 0.29) is 5.91 Å². The van der Waals surface area contributed by atoms with Crippen LogP contribution in [0.1, 0.15) is 18.9 Å². The van der Waals surface area contributed by atoms with Gasteiger partial charge in [0.25, 0.3) is 0 Å². The average Bonchev–Trinajstić information content (AvgIpc) is 2.52. The molecule has 0 saturated carbocycles. The molecule has 16 heavy (non-hydrogen) atoms. The number of nitrogens with one attached hydrogen (secondary N) is 1. The Morgan fingerprint density at radius 3 is 2.88 bits per heavy atom. The van der Waals surface area contributed by atoms with Crippen molar-refractivity contribution >= 4 is 11.6 Å². The highest BCUT2D eigenvalue weighted by atomic mass is 16.5. The Labute approximate surface area is 94.8 Å². The topological polar surface area (TPSA) is 64.3 Å². The highest BCUT2D eigenvalue weighted by molar-refractivity contribution is 6.06. The molecule has 1 atom stereocenters. The summed E-state index contributed by atoms with van der Waals surface area (Å²) in [4.78, 5) is 11.9. The molecule has 2 rings (SSSR count). The van der Waals surface area contributed by atoms with E-state index in [0.717, 1.165) is 17.0 Å². The molecule has 3 N–H and O–H groups in total. The van der Waals surface area contributed by atoms with Crippen molar-refractivity contribution in [1.29, 1.82) is 0 Å². The highest BCUT2D eigenvalue weighted by Gasteiger charge is 2.42. The second-order valence-electron chi connectivity index (χ2n) is 4.24. The van der Waals surface area contributed by atoms with Crippen LogP contribution in [0.2, 0.25) is 0 Å². The van der Waals surface area contributed by atoms with Crippen molar-refractivity contribution in [2.24, 2.45) is 5.73 Å². The van der Waals surface area contributed by atoms with E-state index < -0.39 is 5.41 Å². The predicted molar refractivity (Wildman–Crippen MR) is 62.6 cm³/mol. The van der Waals surface area contributed by atoms with Crippen molar-refractivity contribution in [3.63, 3.8) is 0 Å². The maximum absolute atomic E-state index is 11.9. The van der Waals surface area contributed by atoms with E-state index in [0.29, 0.717) is 13.0 Å². The lowest BCUT2D eigenvalue weighted by atomic mass is 9.80. The Morgan fingerprint density at radius 1 is 1.50 bits per heavy atom. The molecule has 0 radical (unpaired) electrons. The summed E-state index contributed by atoms with van der Waals surface area (Å²) in [5.74, 6) is 0.777. The molecule has 0 aliphatic carbocycles. The van der Waals surface area contributed by atoms with E-state index in [9.17, 15) is 4.79 Å². The third-order valence-electron chi connectivity index (χ3n) is 3.21. The van der Waals surface area contributed by atoms with Crippen LogP contribution < -0.4 is 15.8 Å². The first kappa shape index (κ1) is 11.0. The van der Waals surface area contributed by atoms with Crippen molar-refractivity contribution in [2.45, 2.75) is 18.8 Å². The van der Waals surface area contributed by atoms with Crippen LogP contribution in [0.15, 0.2) is 18.2 Å². The van der Waals surface area contributed by atoms with Gasteiger partial charge in [0, 0.05) is 5.69 Å². The molecule has 1 heterocycles. The van der Waals surface area contributed by atoms with Gasteiger partial charge >= 0.3 is 0 Å². The van der Waals surface area contributed by atoms with Gasteiger partial charge in [0.1, 0.15) is 5.75 Å². The second kappa shape index (κ2) is 3.79. The van der Waals surface area contributed by atoms with Gasteiger partial charge in [-0.1, -0.05) is 0 Å². The van der Waals surface area contributed by atoms with Gasteiger partial charge < -0.3 is 15.8 Å². The molecule has 0 aromatic heterocycles. The van der Waals surface area contributed by atoms with E-state index in [1.54, 1.807) is 7.11 Å². The Morgan fingerprint density at radius 2 is 2.25 bits per heavy atom. The van der Waals surface area contributed by atoms with Crippen LogP contribution >= 0.6 is 0 Å². The van der Waals surface area contributed by atoms with Gasteiger partial charge in [-0.25, -0.2) is 0 Å². The number of rotatable bonds is 3. The smallest absolute Gasteiger partial charge is 0.234 e. The summed E-state index contributed by atoms with van der Waals surface area (Å²) in [5.41, 5.74) is 6.88. The highest BCUT2D eigenvalue weighted by Crippen LogP contribution is 2.41. The van der Waals surface area contributed by atoms with Crippen LogP contribution in [0.3, 0.4) is 0 Å². The summed E-state index contributed by atoms with van der Waals surface area (Å²) in [6.07, 6.45) is 0.638. The number of benzene rings is 1. The zero-order chi connectivity index (χ0) is 11.8. The van der Waals surface area contributed by atoms with Gasteiger partial charge in [-0.05, 0) is 43.7 Å². The number of carbonyl (C=O) groups excluding carboxylic acids is 1. The molecule has 1 aliphatic heterocycles. The molecular weight excluding hydrogens is 204 g/mol. The van der Waals surface area contributed by atoms with Crippen LogP contribution in [-0.4, -0.2) is 19.6 Å². The van der Waals surface area contributed by atoms with Gasteiger partial charge in [0.05, 0.1) is 12.5 Å². The molecule has 0 fully saturated rings. The summed E-state index contributed by atoms with van der Waals surface area (Å²) in [7, 11) is 1.62. The number of carbonyl (C=O) groups is 1. The predicted octanol–water partition coefficient (Wildman–Crippen LogP) is 1.25. The maximum Gasteiger partial charge on any atom is 0.234 e. The first-order valence-electron chi connectivity index (χ1n) is 5.32. The monoisotopic (exact) mass is 220 g/mol. The van der Waals surface area contributed by atoms with E-state index in [2.05, 4.69) is 5.32 Å². The number of anilines is 1. The summed E-state index contributed by atoms with van der Waals surface area (Å²) in [6, 6.07) is 5.62. The minimum atomic E-state index is -0.529. The van der Waals surface area contributed by atoms with Gasteiger partial charge in [-0.3, -0.25) is 4.79 Å². The molecule has 0 spiro atoms.